The molecule has 1 fully saturated rings. The van der Waals surface area contributed by atoms with E-state index in [0.29, 0.717) is 11.6 Å². The molecule has 2 aromatic carbocycles. The third-order valence-electron chi connectivity index (χ3n) is 4.91. The summed E-state index contributed by atoms with van der Waals surface area (Å²) in [4.78, 5) is 40.8. The lowest BCUT2D eigenvalue weighted by Crippen LogP contribution is -2.39. The minimum Gasteiger partial charge on any atom is -0.440 e. The fraction of sp³-hybridized carbons (Fsp3) is 0.238. The van der Waals surface area contributed by atoms with E-state index < -0.39 is 35.8 Å². The van der Waals surface area contributed by atoms with E-state index in [-0.39, 0.29) is 41.6 Å². The maximum atomic E-state index is 14.2. The molecule has 0 aliphatic carbocycles. The standard InChI is InChI=1S/C21H15F4N3O6/c1-28(15-5-2-11(8-13(15)22)34-21(23,24)25)20(31)32-10-3-6-16-14(9-10)26-19(33-16)12-4-7-17(29)27-18(12)30/h2-3,5-6,8-9,12H,4,7H2,1H3,(H,27,29,30). The van der Waals surface area contributed by atoms with Gasteiger partial charge in [-0.2, -0.15) is 0 Å². The highest BCUT2D eigenvalue weighted by Crippen LogP contribution is 2.31. The largest absolute Gasteiger partial charge is 0.573 e. The number of imide groups is 1. The summed E-state index contributed by atoms with van der Waals surface area (Å²) in [5.74, 6) is -3.44. The summed E-state index contributed by atoms with van der Waals surface area (Å²) in [6.07, 6.45) is -5.64. The van der Waals surface area contributed by atoms with Crippen LogP contribution in [0.4, 0.5) is 28.0 Å². The summed E-state index contributed by atoms with van der Waals surface area (Å²) in [5.41, 5.74) is 0.230. The number of halogens is 4. The number of hydrogen-bond donors (Lipinski definition) is 1. The van der Waals surface area contributed by atoms with Crippen LogP contribution in [0.2, 0.25) is 0 Å². The van der Waals surface area contributed by atoms with Crippen molar-refractivity contribution in [1.29, 1.82) is 0 Å². The molecule has 1 saturated heterocycles. The molecule has 4 rings (SSSR count). The molecule has 178 valence electrons. The molecule has 2 heterocycles. The number of carbonyl (C=O) groups is 3. The van der Waals surface area contributed by atoms with E-state index in [0.717, 1.165) is 17.0 Å². The Morgan fingerprint density at radius 3 is 2.59 bits per heavy atom. The highest BCUT2D eigenvalue weighted by Gasteiger charge is 2.33. The van der Waals surface area contributed by atoms with E-state index in [1.165, 1.54) is 25.2 Å². The van der Waals surface area contributed by atoms with Crippen LogP contribution in [0.5, 0.6) is 11.5 Å². The number of oxazole rings is 1. The van der Waals surface area contributed by atoms with Crippen molar-refractivity contribution in [2.24, 2.45) is 0 Å². The number of alkyl halides is 3. The van der Waals surface area contributed by atoms with Crippen molar-refractivity contribution < 1.29 is 45.8 Å². The van der Waals surface area contributed by atoms with Crippen molar-refractivity contribution in [3.8, 4) is 11.5 Å². The number of amides is 3. The van der Waals surface area contributed by atoms with Crippen LogP contribution < -0.4 is 19.7 Å². The zero-order valence-electron chi connectivity index (χ0n) is 17.3. The lowest BCUT2D eigenvalue weighted by molar-refractivity contribution is -0.274. The monoisotopic (exact) mass is 481 g/mol. The SMILES string of the molecule is CN(C(=O)Oc1ccc2oc(C3CCC(=O)NC3=O)nc2c1)c1ccc(OC(F)(F)F)cc1F. The first-order chi connectivity index (χ1) is 16.0. The van der Waals surface area contributed by atoms with Gasteiger partial charge >= 0.3 is 12.5 Å². The van der Waals surface area contributed by atoms with Crippen LogP contribution in [0.3, 0.4) is 0 Å². The van der Waals surface area contributed by atoms with E-state index >= 15 is 0 Å². The Bertz CT molecular complexity index is 1290. The lowest BCUT2D eigenvalue weighted by atomic mass is 9.98. The van der Waals surface area contributed by atoms with Crippen LogP contribution in [0, 0.1) is 5.82 Å². The zero-order valence-corrected chi connectivity index (χ0v) is 17.3. The molecule has 34 heavy (non-hydrogen) atoms. The molecule has 1 aliphatic rings. The van der Waals surface area contributed by atoms with Crippen LogP contribution in [0.1, 0.15) is 24.7 Å². The van der Waals surface area contributed by atoms with Gasteiger partial charge in [0.15, 0.2) is 11.4 Å². The number of anilines is 1. The number of nitrogens with one attached hydrogen (secondary N) is 1. The number of carbonyl (C=O) groups excluding carboxylic acids is 3. The number of piperidine rings is 1. The molecule has 1 N–H and O–H groups in total. The van der Waals surface area contributed by atoms with Gasteiger partial charge in [-0.05, 0) is 30.7 Å². The van der Waals surface area contributed by atoms with E-state index in [1.807, 2.05) is 0 Å². The number of ether oxygens (including phenoxy) is 2. The summed E-state index contributed by atoms with van der Waals surface area (Å²) < 4.78 is 65.5. The first kappa shape index (κ1) is 23.0. The second-order valence-electron chi connectivity index (χ2n) is 7.27. The molecule has 0 spiro atoms. The smallest absolute Gasteiger partial charge is 0.440 e. The molecular weight excluding hydrogens is 466 g/mol. The highest BCUT2D eigenvalue weighted by atomic mass is 19.4. The quantitative estimate of drug-likeness (QED) is 0.443. The maximum Gasteiger partial charge on any atom is 0.573 e. The van der Waals surface area contributed by atoms with Crippen molar-refractivity contribution >= 4 is 34.7 Å². The average Bonchev–Trinajstić information content (AvgIpc) is 3.15. The van der Waals surface area contributed by atoms with Gasteiger partial charge in [0.25, 0.3) is 0 Å². The first-order valence-electron chi connectivity index (χ1n) is 9.75. The van der Waals surface area contributed by atoms with Crippen LogP contribution in [0.15, 0.2) is 40.8 Å². The van der Waals surface area contributed by atoms with Crippen molar-refractivity contribution in [1.82, 2.24) is 10.3 Å². The van der Waals surface area contributed by atoms with E-state index in [1.54, 1.807) is 0 Å². The molecule has 1 atom stereocenters. The third-order valence-corrected chi connectivity index (χ3v) is 4.91. The second kappa shape index (κ2) is 8.65. The van der Waals surface area contributed by atoms with E-state index in [2.05, 4.69) is 15.0 Å². The molecule has 1 aromatic heterocycles. The fourth-order valence-electron chi connectivity index (χ4n) is 3.29. The van der Waals surface area contributed by atoms with Gasteiger partial charge in [0.1, 0.15) is 22.9 Å². The van der Waals surface area contributed by atoms with Crippen LogP contribution >= 0.6 is 0 Å². The van der Waals surface area contributed by atoms with Crippen molar-refractivity contribution in [3.63, 3.8) is 0 Å². The van der Waals surface area contributed by atoms with Gasteiger partial charge in [0.05, 0.1) is 5.69 Å². The summed E-state index contributed by atoms with van der Waals surface area (Å²) in [5, 5.41) is 2.21. The third kappa shape index (κ3) is 4.92. The van der Waals surface area contributed by atoms with Crippen molar-refractivity contribution in [2.75, 3.05) is 11.9 Å². The van der Waals surface area contributed by atoms with E-state index in [4.69, 9.17) is 9.15 Å². The molecular formula is C21H15F4N3O6. The molecule has 0 radical (unpaired) electrons. The molecule has 13 heteroatoms. The Balaban J connectivity index is 1.48. The second-order valence-corrected chi connectivity index (χ2v) is 7.27. The Kier molecular flexibility index (Phi) is 5.85. The highest BCUT2D eigenvalue weighted by molar-refractivity contribution is 6.00. The van der Waals surface area contributed by atoms with Crippen LogP contribution in [-0.4, -0.2) is 36.3 Å². The predicted octanol–water partition coefficient (Wildman–Crippen LogP) is 4.02. The Hall–Kier alpha value is -4.16. The molecule has 9 nitrogen and oxygen atoms in total. The molecule has 1 unspecified atom stereocenters. The van der Waals surface area contributed by atoms with Gasteiger partial charge in [-0.3, -0.25) is 19.8 Å². The summed E-state index contributed by atoms with van der Waals surface area (Å²) in [6, 6.07) is 6.47. The number of benzene rings is 2. The van der Waals surface area contributed by atoms with Gasteiger partial charge in [0.2, 0.25) is 17.7 Å². The normalized spacial score (nSPS) is 16.3. The Morgan fingerprint density at radius 2 is 1.91 bits per heavy atom. The fourth-order valence-corrected chi connectivity index (χ4v) is 3.29. The number of hydrogen-bond acceptors (Lipinski definition) is 7. The van der Waals surface area contributed by atoms with Crippen molar-refractivity contribution in [3.05, 3.63) is 48.1 Å². The minimum atomic E-state index is -4.99. The lowest BCUT2D eigenvalue weighted by Gasteiger charge is -2.18. The summed E-state index contributed by atoms with van der Waals surface area (Å²) in [6.45, 7) is 0. The Morgan fingerprint density at radius 1 is 1.18 bits per heavy atom. The van der Waals surface area contributed by atoms with Crippen LogP contribution in [-0.2, 0) is 9.59 Å². The van der Waals surface area contributed by atoms with Gasteiger partial charge < -0.3 is 13.9 Å². The molecule has 0 saturated carbocycles. The van der Waals surface area contributed by atoms with Crippen LogP contribution in [0.25, 0.3) is 11.1 Å². The van der Waals surface area contributed by atoms with Gasteiger partial charge in [0, 0.05) is 25.6 Å². The maximum absolute atomic E-state index is 14.2. The number of aromatic nitrogens is 1. The minimum absolute atomic E-state index is 0.0184. The first-order valence-corrected chi connectivity index (χ1v) is 9.75. The molecule has 3 aromatic rings. The van der Waals surface area contributed by atoms with Gasteiger partial charge in [-0.15, -0.1) is 13.2 Å². The molecule has 3 amide bonds. The van der Waals surface area contributed by atoms with Crippen molar-refractivity contribution in [2.45, 2.75) is 25.1 Å². The summed E-state index contributed by atoms with van der Waals surface area (Å²) >= 11 is 0. The number of nitrogens with zero attached hydrogens (tertiary/aromatic N) is 2. The summed E-state index contributed by atoms with van der Waals surface area (Å²) in [7, 11) is 1.17. The predicted molar refractivity (Wildman–Crippen MR) is 107 cm³/mol. The van der Waals surface area contributed by atoms with Gasteiger partial charge in [-0.1, -0.05) is 0 Å². The zero-order chi connectivity index (χ0) is 24.6. The van der Waals surface area contributed by atoms with E-state index in [9.17, 15) is 31.9 Å². The molecule has 1 aliphatic heterocycles. The Labute approximate surface area is 188 Å². The number of fused-ring (bicyclic) bond motifs is 1. The van der Waals surface area contributed by atoms with Gasteiger partial charge in [-0.25, -0.2) is 14.2 Å². The molecule has 0 bridgehead atoms. The average molecular weight is 481 g/mol. The number of rotatable bonds is 4. The topological polar surface area (TPSA) is 111 Å².